The van der Waals surface area contributed by atoms with Crippen molar-refractivity contribution in [1.29, 1.82) is 0 Å². The highest BCUT2D eigenvalue weighted by Gasteiger charge is 2.32. The molecule has 1 aliphatic rings. The molecule has 0 amide bonds. The molecule has 78 valence electrons. The molecule has 1 aliphatic heterocycles. The molecule has 0 aliphatic carbocycles. The summed E-state index contributed by atoms with van der Waals surface area (Å²) < 4.78 is 51.1. The van der Waals surface area contributed by atoms with E-state index in [4.69, 9.17) is 5.14 Å². The van der Waals surface area contributed by atoms with Crippen LogP contribution in [0, 0.1) is 0 Å². The van der Waals surface area contributed by atoms with Crippen LogP contribution in [0.5, 0.6) is 0 Å². The van der Waals surface area contributed by atoms with Gasteiger partial charge in [-0.25, -0.2) is 13.9 Å². The van der Waals surface area contributed by atoms with Gasteiger partial charge in [0.05, 0.1) is 6.61 Å². The molecule has 1 rings (SSSR count). The number of nitrogens with zero attached hydrogens (tertiary/aromatic N) is 1. The third-order valence-electron chi connectivity index (χ3n) is 1.70. The number of hydrogen-bond donors (Lipinski definition) is 1. The fourth-order valence-electron chi connectivity index (χ4n) is 1.03. The number of morpholine rings is 1. The van der Waals surface area contributed by atoms with Gasteiger partial charge in [0.1, 0.15) is 6.10 Å². The first kappa shape index (κ1) is 10.8. The average molecular weight is 216 g/mol. The zero-order valence-corrected chi connectivity index (χ0v) is 7.51. The summed E-state index contributed by atoms with van der Waals surface area (Å²) in [7, 11) is -3.87. The number of nitrogens with two attached hydrogens (primary N) is 1. The first-order chi connectivity index (χ1) is 5.91. The molecule has 8 heteroatoms. The molecule has 13 heavy (non-hydrogen) atoms. The Morgan fingerprint density at radius 3 is 2.62 bits per heavy atom. The van der Waals surface area contributed by atoms with Crippen molar-refractivity contribution in [3.63, 3.8) is 0 Å². The molecule has 5 nitrogen and oxygen atoms in total. The maximum absolute atomic E-state index is 12.1. The summed E-state index contributed by atoms with van der Waals surface area (Å²) in [5.41, 5.74) is 0. The molecule has 2 N–H and O–H groups in total. The van der Waals surface area contributed by atoms with E-state index in [1.54, 1.807) is 0 Å². The zero-order valence-electron chi connectivity index (χ0n) is 6.69. The first-order valence-electron chi connectivity index (χ1n) is 3.59. The fourth-order valence-corrected chi connectivity index (χ4v) is 1.72. The molecule has 0 spiro atoms. The Kier molecular flexibility index (Phi) is 3.17. The second-order valence-electron chi connectivity index (χ2n) is 2.65. The topological polar surface area (TPSA) is 72.6 Å². The lowest BCUT2D eigenvalue weighted by molar-refractivity contribution is -0.0862. The second-order valence-corrected chi connectivity index (χ2v) is 4.19. The van der Waals surface area contributed by atoms with Crippen molar-refractivity contribution in [3.05, 3.63) is 0 Å². The van der Waals surface area contributed by atoms with Gasteiger partial charge in [0.15, 0.2) is 0 Å². The fraction of sp³-hybridized carbons (Fsp3) is 1.00. The smallest absolute Gasteiger partial charge is 0.277 e. The summed E-state index contributed by atoms with van der Waals surface area (Å²) in [5, 5.41) is 4.77. The van der Waals surface area contributed by atoms with Crippen LogP contribution in [0.1, 0.15) is 0 Å². The van der Waals surface area contributed by atoms with Crippen molar-refractivity contribution >= 4 is 10.2 Å². The van der Waals surface area contributed by atoms with Gasteiger partial charge in [0, 0.05) is 13.1 Å². The molecule has 0 aromatic carbocycles. The maximum Gasteiger partial charge on any atom is 0.277 e. The minimum atomic E-state index is -3.87. The summed E-state index contributed by atoms with van der Waals surface area (Å²) in [6, 6.07) is 0. The van der Waals surface area contributed by atoms with E-state index in [1.165, 1.54) is 0 Å². The largest absolute Gasteiger partial charge is 0.370 e. The van der Waals surface area contributed by atoms with E-state index in [1.807, 2.05) is 0 Å². The van der Waals surface area contributed by atoms with Gasteiger partial charge in [-0.2, -0.15) is 12.7 Å². The second kappa shape index (κ2) is 3.82. The Bertz CT molecular complexity index is 269. The summed E-state index contributed by atoms with van der Waals surface area (Å²) in [4.78, 5) is 0. The van der Waals surface area contributed by atoms with Crippen LogP contribution in [0.25, 0.3) is 0 Å². The average Bonchev–Trinajstić information content (AvgIpc) is 2.03. The van der Waals surface area contributed by atoms with Crippen LogP contribution < -0.4 is 5.14 Å². The Morgan fingerprint density at radius 1 is 1.54 bits per heavy atom. The summed E-state index contributed by atoms with van der Waals surface area (Å²) in [6.45, 7) is -0.399. The van der Waals surface area contributed by atoms with E-state index in [0.717, 1.165) is 4.31 Å². The van der Waals surface area contributed by atoms with Crippen LogP contribution in [0.3, 0.4) is 0 Å². The first-order valence-corrected chi connectivity index (χ1v) is 5.09. The molecule has 1 atom stereocenters. The monoisotopic (exact) mass is 216 g/mol. The van der Waals surface area contributed by atoms with Crippen LogP contribution in [0.2, 0.25) is 0 Å². The number of rotatable bonds is 2. The zero-order chi connectivity index (χ0) is 10.1. The predicted octanol–water partition coefficient (Wildman–Crippen LogP) is -0.844. The van der Waals surface area contributed by atoms with Crippen LogP contribution >= 0.6 is 0 Å². The minimum Gasteiger partial charge on any atom is -0.370 e. The SMILES string of the molecule is NS(=O)(=O)N1CCOC(C(F)F)C1. The number of halogens is 2. The van der Waals surface area contributed by atoms with E-state index in [0.29, 0.717) is 0 Å². The van der Waals surface area contributed by atoms with Crippen LogP contribution in [-0.4, -0.2) is 44.9 Å². The van der Waals surface area contributed by atoms with Crippen LogP contribution in [-0.2, 0) is 14.9 Å². The van der Waals surface area contributed by atoms with Gasteiger partial charge in [-0.15, -0.1) is 0 Å². The van der Waals surface area contributed by atoms with E-state index in [2.05, 4.69) is 4.74 Å². The van der Waals surface area contributed by atoms with E-state index in [-0.39, 0.29) is 19.7 Å². The van der Waals surface area contributed by atoms with Gasteiger partial charge in [-0.3, -0.25) is 0 Å². The highest BCUT2D eigenvalue weighted by Crippen LogP contribution is 2.13. The van der Waals surface area contributed by atoms with Gasteiger partial charge in [-0.1, -0.05) is 0 Å². The summed E-state index contributed by atoms with van der Waals surface area (Å²) in [5.74, 6) is 0. The lowest BCUT2D eigenvalue weighted by Gasteiger charge is -2.30. The number of alkyl halides is 2. The number of ether oxygens (including phenoxy) is 1. The van der Waals surface area contributed by atoms with Crippen molar-refractivity contribution in [3.8, 4) is 0 Å². The Hall–Kier alpha value is -0.310. The normalized spacial score (nSPS) is 26.6. The highest BCUT2D eigenvalue weighted by molar-refractivity contribution is 7.86. The number of hydrogen-bond acceptors (Lipinski definition) is 3. The molecule has 1 saturated heterocycles. The van der Waals surface area contributed by atoms with Gasteiger partial charge in [0.25, 0.3) is 16.6 Å². The van der Waals surface area contributed by atoms with Gasteiger partial charge >= 0.3 is 0 Å². The van der Waals surface area contributed by atoms with Crippen molar-refractivity contribution in [2.75, 3.05) is 19.7 Å². The third kappa shape index (κ3) is 2.83. The Balaban J connectivity index is 2.62. The molecule has 0 saturated carbocycles. The van der Waals surface area contributed by atoms with E-state index in [9.17, 15) is 17.2 Å². The Morgan fingerprint density at radius 2 is 2.15 bits per heavy atom. The lowest BCUT2D eigenvalue weighted by atomic mass is 10.3. The Labute approximate surface area is 74.6 Å². The highest BCUT2D eigenvalue weighted by atomic mass is 32.2. The standard InChI is InChI=1S/C5H10F2N2O3S/c6-5(7)4-3-9(1-2-12-4)13(8,10)11/h4-5H,1-3H2,(H2,8,10,11). The predicted molar refractivity (Wildman–Crippen MR) is 40.4 cm³/mol. The maximum atomic E-state index is 12.1. The van der Waals surface area contributed by atoms with Crippen molar-refractivity contribution in [2.24, 2.45) is 5.14 Å². The summed E-state index contributed by atoms with van der Waals surface area (Å²) >= 11 is 0. The molecule has 0 bridgehead atoms. The molecule has 1 unspecified atom stereocenters. The summed E-state index contributed by atoms with van der Waals surface area (Å²) in [6.07, 6.45) is -4.06. The molecular formula is C5H10F2N2O3S. The minimum absolute atomic E-state index is 0.0298. The van der Waals surface area contributed by atoms with Crippen molar-refractivity contribution in [1.82, 2.24) is 4.31 Å². The van der Waals surface area contributed by atoms with Gasteiger partial charge in [0.2, 0.25) is 0 Å². The van der Waals surface area contributed by atoms with Crippen molar-refractivity contribution < 1.29 is 21.9 Å². The van der Waals surface area contributed by atoms with E-state index >= 15 is 0 Å². The molecule has 0 aromatic heterocycles. The van der Waals surface area contributed by atoms with Gasteiger partial charge < -0.3 is 4.74 Å². The van der Waals surface area contributed by atoms with Crippen LogP contribution in [0.15, 0.2) is 0 Å². The molecule has 0 radical (unpaired) electrons. The molecule has 1 fully saturated rings. The molecular weight excluding hydrogens is 206 g/mol. The van der Waals surface area contributed by atoms with Gasteiger partial charge in [-0.05, 0) is 0 Å². The third-order valence-corrected chi connectivity index (χ3v) is 2.75. The quantitative estimate of drug-likeness (QED) is 0.654. The molecule has 1 heterocycles. The van der Waals surface area contributed by atoms with Crippen molar-refractivity contribution in [2.45, 2.75) is 12.5 Å². The van der Waals surface area contributed by atoms with Crippen LogP contribution in [0.4, 0.5) is 8.78 Å². The molecule has 0 aromatic rings. The van der Waals surface area contributed by atoms with E-state index < -0.39 is 22.7 Å². The lowest BCUT2D eigenvalue weighted by Crippen LogP contribution is -2.50.